The summed E-state index contributed by atoms with van der Waals surface area (Å²) in [5.74, 6) is -3.30. The Balaban J connectivity index is 1.68. The van der Waals surface area contributed by atoms with Crippen LogP contribution in [0.3, 0.4) is 0 Å². The monoisotopic (exact) mass is 574 g/mol. The zero-order valence-corrected chi connectivity index (χ0v) is 20.2. The quantitative estimate of drug-likeness (QED) is 0.246. The van der Waals surface area contributed by atoms with Crippen LogP contribution in [0.15, 0.2) is 60.7 Å². The van der Waals surface area contributed by atoms with Crippen LogP contribution in [-0.4, -0.2) is 21.4 Å². The molecule has 6 nitrogen and oxygen atoms in total. The van der Waals surface area contributed by atoms with Gasteiger partial charge in [-0.2, -0.15) is 26.3 Å². The molecule has 1 aromatic heterocycles. The molecular weight excluding hydrogens is 561 g/mol. The number of amides is 2. The van der Waals surface area contributed by atoms with Crippen molar-refractivity contribution in [1.29, 1.82) is 0 Å². The van der Waals surface area contributed by atoms with Crippen LogP contribution in [0.4, 0.5) is 37.7 Å². The third kappa shape index (κ3) is 5.70. The van der Waals surface area contributed by atoms with E-state index in [4.69, 9.17) is 23.2 Å². The predicted molar refractivity (Wildman–Crippen MR) is 129 cm³/mol. The van der Waals surface area contributed by atoms with Crippen molar-refractivity contribution in [2.45, 2.75) is 18.9 Å². The maximum absolute atomic E-state index is 13.9. The van der Waals surface area contributed by atoms with Crippen molar-refractivity contribution >= 4 is 57.4 Å². The van der Waals surface area contributed by atoms with Crippen molar-refractivity contribution in [1.82, 2.24) is 9.55 Å². The first-order valence-corrected chi connectivity index (χ1v) is 11.3. The number of carbonyl (C=O) groups is 2. The number of hydrogen-bond donors (Lipinski definition) is 2. The van der Waals surface area contributed by atoms with Gasteiger partial charge in [-0.1, -0.05) is 41.4 Å². The third-order valence-electron chi connectivity index (χ3n) is 5.25. The summed E-state index contributed by atoms with van der Waals surface area (Å²) >= 11 is 12.1. The summed E-state index contributed by atoms with van der Waals surface area (Å²) in [6.45, 7) is -0.935. The second-order valence-electron chi connectivity index (χ2n) is 7.87. The molecule has 0 radical (unpaired) electrons. The van der Waals surface area contributed by atoms with Crippen LogP contribution in [0.25, 0.3) is 11.0 Å². The van der Waals surface area contributed by atoms with E-state index in [2.05, 4.69) is 15.6 Å². The molecule has 0 spiro atoms. The molecule has 4 aromatic rings. The zero-order valence-electron chi connectivity index (χ0n) is 18.7. The lowest BCUT2D eigenvalue weighted by Gasteiger charge is -2.13. The number of alkyl halides is 6. The largest absolute Gasteiger partial charge is 0.449 e. The number of imidazole rings is 1. The number of anilines is 2. The molecule has 3 aromatic carbocycles. The van der Waals surface area contributed by atoms with Crippen molar-refractivity contribution in [2.75, 3.05) is 10.6 Å². The first kappa shape index (κ1) is 27.3. The summed E-state index contributed by atoms with van der Waals surface area (Å²) in [7, 11) is 0. The van der Waals surface area contributed by atoms with E-state index in [0.29, 0.717) is 10.6 Å². The van der Waals surface area contributed by atoms with Crippen LogP contribution in [0.1, 0.15) is 21.7 Å². The number of nitrogens with one attached hydrogen (secondary N) is 2. The predicted octanol–water partition coefficient (Wildman–Crippen LogP) is 7.27. The SMILES string of the molecule is O=C(Cn1c(C(F)(F)F)nc2c(NC(=O)c3c(Cl)cccc3Cl)cccc21)Nc1cccc(C(F)(F)F)c1. The maximum atomic E-state index is 13.9. The maximum Gasteiger partial charge on any atom is 0.449 e. The van der Waals surface area contributed by atoms with Gasteiger partial charge in [0.25, 0.3) is 5.91 Å². The van der Waals surface area contributed by atoms with Gasteiger partial charge in [-0.25, -0.2) is 4.98 Å². The number of benzene rings is 3. The molecule has 0 unspecified atom stereocenters. The van der Waals surface area contributed by atoms with Gasteiger partial charge in [-0.15, -0.1) is 0 Å². The Morgan fingerprint density at radius 1 is 0.842 bits per heavy atom. The molecule has 0 aliphatic heterocycles. The molecule has 0 fully saturated rings. The average molecular weight is 575 g/mol. The molecule has 0 aliphatic carbocycles. The molecule has 198 valence electrons. The van der Waals surface area contributed by atoms with Crippen molar-refractivity contribution in [3.8, 4) is 0 Å². The fourth-order valence-corrected chi connectivity index (χ4v) is 4.21. The fraction of sp³-hybridized carbons (Fsp3) is 0.125. The van der Waals surface area contributed by atoms with Gasteiger partial charge in [0.1, 0.15) is 12.1 Å². The minimum Gasteiger partial charge on any atom is -0.325 e. The Kier molecular flexibility index (Phi) is 7.31. The highest BCUT2D eigenvalue weighted by Gasteiger charge is 2.38. The van der Waals surface area contributed by atoms with Crippen LogP contribution in [-0.2, 0) is 23.7 Å². The Hall–Kier alpha value is -3.77. The van der Waals surface area contributed by atoms with Crippen LogP contribution in [0, 0.1) is 0 Å². The summed E-state index contributed by atoms with van der Waals surface area (Å²) in [5.41, 5.74) is -1.98. The Bertz CT molecular complexity index is 1530. The normalized spacial score (nSPS) is 12.0. The van der Waals surface area contributed by atoms with Crippen molar-refractivity contribution in [3.63, 3.8) is 0 Å². The third-order valence-corrected chi connectivity index (χ3v) is 5.88. The number of nitrogens with zero attached hydrogens (tertiary/aromatic N) is 2. The first-order chi connectivity index (χ1) is 17.8. The second kappa shape index (κ2) is 10.2. The van der Waals surface area contributed by atoms with E-state index in [9.17, 15) is 35.9 Å². The van der Waals surface area contributed by atoms with Crippen LogP contribution < -0.4 is 10.6 Å². The molecule has 0 saturated heterocycles. The van der Waals surface area contributed by atoms with Gasteiger partial charge < -0.3 is 15.2 Å². The Labute approximate surface area is 220 Å². The topological polar surface area (TPSA) is 76.0 Å². The molecule has 0 bridgehead atoms. The van der Waals surface area contributed by atoms with E-state index in [1.807, 2.05) is 0 Å². The highest BCUT2D eigenvalue weighted by molar-refractivity contribution is 6.40. The molecule has 0 atom stereocenters. The van der Waals surface area contributed by atoms with Gasteiger partial charge in [-0.3, -0.25) is 9.59 Å². The molecule has 0 aliphatic rings. The lowest BCUT2D eigenvalue weighted by atomic mass is 10.2. The van der Waals surface area contributed by atoms with Gasteiger partial charge in [0, 0.05) is 5.69 Å². The number of aromatic nitrogens is 2. The highest BCUT2D eigenvalue weighted by Crippen LogP contribution is 2.35. The Morgan fingerprint density at radius 3 is 2.11 bits per heavy atom. The number of halogens is 8. The van der Waals surface area contributed by atoms with Crippen molar-refractivity contribution in [3.05, 3.63) is 87.7 Å². The number of fused-ring (bicyclic) bond motifs is 1. The molecular formula is C24H14Cl2F6N4O2. The van der Waals surface area contributed by atoms with Crippen molar-refractivity contribution < 1.29 is 35.9 Å². The summed E-state index contributed by atoms with van der Waals surface area (Å²) in [6.07, 6.45) is -9.69. The summed E-state index contributed by atoms with van der Waals surface area (Å²) in [6, 6.07) is 11.8. The minimum atomic E-state index is -5.01. The fourth-order valence-electron chi connectivity index (χ4n) is 3.64. The van der Waals surface area contributed by atoms with Crippen LogP contribution in [0.5, 0.6) is 0 Å². The van der Waals surface area contributed by atoms with Gasteiger partial charge in [0.05, 0.1) is 32.4 Å². The zero-order chi connectivity index (χ0) is 27.8. The van der Waals surface area contributed by atoms with E-state index >= 15 is 0 Å². The Morgan fingerprint density at radius 2 is 1.47 bits per heavy atom. The number of hydrogen-bond acceptors (Lipinski definition) is 3. The number of rotatable bonds is 5. The lowest BCUT2D eigenvalue weighted by molar-refractivity contribution is -0.147. The van der Waals surface area contributed by atoms with Crippen molar-refractivity contribution in [2.24, 2.45) is 0 Å². The van der Waals surface area contributed by atoms with E-state index in [1.54, 1.807) is 0 Å². The highest BCUT2D eigenvalue weighted by atomic mass is 35.5. The molecule has 38 heavy (non-hydrogen) atoms. The molecule has 4 rings (SSSR count). The van der Waals surface area contributed by atoms with E-state index in [-0.39, 0.29) is 38.0 Å². The molecule has 1 heterocycles. The summed E-state index contributed by atoms with van der Waals surface area (Å²) in [5, 5.41) is 4.61. The minimum absolute atomic E-state index is 0.00921. The van der Waals surface area contributed by atoms with E-state index in [1.165, 1.54) is 36.4 Å². The smallest absolute Gasteiger partial charge is 0.325 e. The van der Waals surface area contributed by atoms with E-state index in [0.717, 1.165) is 18.2 Å². The van der Waals surface area contributed by atoms with Crippen LogP contribution in [0.2, 0.25) is 10.0 Å². The number of para-hydroxylation sites is 1. The summed E-state index contributed by atoms with van der Waals surface area (Å²) < 4.78 is 81.0. The first-order valence-electron chi connectivity index (χ1n) is 10.5. The molecule has 2 N–H and O–H groups in total. The molecule has 2 amide bonds. The van der Waals surface area contributed by atoms with Gasteiger partial charge >= 0.3 is 12.4 Å². The van der Waals surface area contributed by atoms with Gasteiger partial charge in [0.15, 0.2) is 0 Å². The second-order valence-corrected chi connectivity index (χ2v) is 8.68. The number of carbonyl (C=O) groups excluding carboxylic acids is 2. The molecule has 14 heteroatoms. The lowest BCUT2D eigenvalue weighted by Crippen LogP contribution is -2.23. The summed E-state index contributed by atoms with van der Waals surface area (Å²) in [4.78, 5) is 29.0. The average Bonchev–Trinajstić information content (AvgIpc) is 3.18. The van der Waals surface area contributed by atoms with Gasteiger partial charge in [0.2, 0.25) is 11.7 Å². The van der Waals surface area contributed by atoms with Gasteiger partial charge in [-0.05, 0) is 42.5 Å². The molecule has 0 saturated carbocycles. The van der Waals surface area contributed by atoms with E-state index < -0.39 is 42.1 Å². The standard InChI is InChI=1S/C24H14Cl2F6N4O2/c25-14-6-2-7-15(26)19(14)21(38)34-16-8-3-9-17-20(16)35-22(24(30,31)32)36(17)11-18(37)33-13-5-1-4-12(10-13)23(27,28)29/h1-10H,11H2,(H,33,37)(H,34,38). The van der Waals surface area contributed by atoms with Crippen LogP contribution >= 0.6 is 23.2 Å².